The normalized spacial score (nSPS) is 10.1. The van der Waals surface area contributed by atoms with Crippen LogP contribution in [0.2, 0.25) is 0 Å². The number of carbonyl (C=O) groups is 1. The molecule has 3 nitrogen and oxygen atoms in total. The molecule has 0 aliphatic heterocycles. The summed E-state index contributed by atoms with van der Waals surface area (Å²) in [5.74, 6) is -0.613. The maximum Gasteiger partial charge on any atom is 0.272 e. The molecule has 2 aromatic rings. The zero-order chi connectivity index (χ0) is 11.5. The first-order valence-corrected chi connectivity index (χ1v) is 4.88. The van der Waals surface area contributed by atoms with E-state index in [9.17, 15) is 9.18 Å². The molecule has 0 spiro atoms. The van der Waals surface area contributed by atoms with E-state index in [0.717, 1.165) is 0 Å². The van der Waals surface area contributed by atoms with E-state index in [-0.39, 0.29) is 11.7 Å². The van der Waals surface area contributed by atoms with Crippen molar-refractivity contribution in [1.29, 1.82) is 0 Å². The van der Waals surface area contributed by atoms with Crippen molar-refractivity contribution in [2.75, 3.05) is 5.32 Å². The monoisotopic (exact) mass is 218 g/mol. The lowest BCUT2D eigenvalue weighted by Gasteiger charge is -2.04. The molecule has 0 atom stereocenters. The fourth-order valence-corrected chi connectivity index (χ4v) is 1.34. The molecule has 0 bridgehead atoms. The highest BCUT2D eigenvalue weighted by Crippen LogP contribution is 2.14. The molecule has 0 saturated heterocycles. The van der Waals surface area contributed by atoms with Crippen LogP contribution in [-0.4, -0.2) is 10.9 Å². The van der Waals surface area contributed by atoms with Crippen LogP contribution in [0.3, 0.4) is 0 Å². The molecule has 2 rings (SSSR count). The highest BCUT2D eigenvalue weighted by Gasteiger charge is 2.07. The summed E-state index contributed by atoms with van der Waals surface area (Å²) in [5.41, 5.74) is 1.45. The first-order valence-electron chi connectivity index (χ1n) is 4.88. The van der Waals surface area contributed by atoms with Crippen LogP contribution in [0.25, 0.3) is 0 Å². The van der Waals surface area contributed by atoms with E-state index in [2.05, 4.69) is 10.3 Å². The molecular weight excluding hydrogens is 207 g/mol. The molecule has 0 fully saturated rings. The average Bonchev–Trinajstić information content (AvgIpc) is 2.77. The number of halogens is 1. The number of nitrogens with one attached hydrogen (secondary N) is 2. The highest BCUT2D eigenvalue weighted by atomic mass is 19.1. The summed E-state index contributed by atoms with van der Waals surface area (Å²) in [6, 6.07) is 7.97. The standard InChI is InChI=1S/C12H11FN2O/c1-8-4-5-9(7-10(8)13)15-12(16)11-3-2-6-14-11/h2-7,14H,1H3,(H,15,16). The van der Waals surface area contributed by atoms with Crippen LogP contribution >= 0.6 is 0 Å². The van der Waals surface area contributed by atoms with E-state index in [4.69, 9.17) is 0 Å². The maximum atomic E-state index is 13.2. The van der Waals surface area contributed by atoms with Crippen molar-refractivity contribution >= 4 is 11.6 Å². The van der Waals surface area contributed by atoms with Crippen molar-refractivity contribution in [3.63, 3.8) is 0 Å². The summed E-state index contributed by atoms with van der Waals surface area (Å²) in [7, 11) is 0. The van der Waals surface area contributed by atoms with Crippen molar-refractivity contribution in [2.45, 2.75) is 6.92 Å². The molecule has 0 unspecified atom stereocenters. The van der Waals surface area contributed by atoms with Crippen LogP contribution in [0, 0.1) is 12.7 Å². The third-order valence-electron chi connectivity index (χ3n) is 2.27. The number of hydrogen-bond acceptors (Lipinski definition) is 1. The third-order valence-corrected chi connectivity index (χ3v) is 2.27. The molecule has 1 heterocycles. The molecular formula is C12H11FN2O. The molecule has 1 amide bonds. The molecule has 1 aromatic heterocycles. The van der Waals surface area contributed by atoms with Crippen molar-refractivity contribution in [3.05, 3.63) is 53.6 Å². The molecule has 2 N–H and O–H groups in total. The van der Waals surface area contributed by atoms with E-state index in [1.54, 1.807) is 37.4 Å². The van der Waals surface area contributed by atoms with Crippen LogP contribution < -0.4 is 5.32 Å². The van der Waals surface area contributed by atoms with Gasteiger partial charge in [0.15, 0.2) is 0 Å². The largest absolute Gasteiger partial charge is 0.357 e. The summed E-state index contributed by atoms with van der Waals surface area (Å²) in [5, 5.41) is 2.60. The molecule has 0 radical (unpaired) electrons. The van der Waals surface area contributed by atoms with Gasteiger partial charge in [-0.2, -0.15) is 0 Å². The number of aromatic nitrogens is 1. The van der Waals surface area contributed by atoms with Gasteiger partial charge in [0.2, 0.25) is 0 Å². The van der Waals surface area contributed by atoms with Gasteiger partial charge >= 0.3 is 0 Å². The Kier molecular flexibility index (Phi) is 2.72. The quantitative estimate of drug-likeness (QED) is 0.799. The van der Waals surface area contributed by atoms with Crippen molar-refractivity contribution in [3.8, 4) is 0 Å². The Hall–Kier alpha value is -2.10. The SMILES string of the molecule is Cc1ccc(NC(=O)c2ccc[nH]2)cc1F. The van der Waals surface area contributed by atoms with Gasteiger partial charge < -0.3 is 10.3 Å². The number of amides is 1. The molecule has 82 valence electrons. The van der Waals surface area contributed by atoms with E-state index in [0.29, 0.717) is 16.9 Å². The molecule has 0 aliphatic rings. The van der Waals surface area contributed by atoms with Crippen LogP contribution in [0.15, 0.2) is 36.5 Å². The van der Waals surface area contributed by atoms with Crippen LogP contribution in [0.5, 0.6) is 0 Å². The fraction of sp³-hybridized carbons (Fsp3) is 0.0833. The lowest BCUT2D eigenvalue weighted by Crippen LogP contribution is -2.12. The Bertz CT molecular complexity index is 506. The Morgan fingerprint density at radius 2 is 2.19 bits per heavy atom. The van der Waals surface area contributed by atoms with Crippen molar-refractivity contribution < 1.29 is 9.18 Å². The summed E-state index contributed by atoms with van der Waals surface area (Å²) >= 11 is 0. The Balaban J connectivity index is 2.15. The Morgan fingerprint density at radius 3 is 2.81 bits per heavy atom. The summed E-state index contributed by atoms with van der Waals surface area (Å²) < 4.78 is 13.2. The minimum Gasteiger partial charge on any atom is -0.357 e. The van der Waals surface area contributed by atoms with Crippen molar-refractivity contribution in [2.24, 2.45) is 0 Å². The number of carbonyl (C=O) groups excluding carboxylic acids is 1. The van der Waals surface area contributed by atoms with Gasteiger partial charge in [-0.1, -0.05) is 6.07 Å². The number of aryl methyl sites for hydroxylation is 1. The number of rotatable bonds is 2. The number of anilines is 1. The first kappa shape index (κ1) is 10.4. The maximum absolute atomic E-state index is 13.2. The van der Waals surface area contributed by atoms with Gasteiger partial charge in [0.05, 0.1) is 0 Å². The second-order valence-corrected chi connectivity index (χ2v) is 3.50. The number of benzene rings is 1. The van der Waals surface area contributed by atoms with Gasteiger partial charge in [-0.25, -0.2) is 4.39 Å². The highest BCUT2D eigenvalue weighted by molar-refractivity contribution is 6.02. The van der Waals surface area contributed by atoms with Gasteiger partial charge in [-0.3, -0.25) is 4.79 Å². The predicted octanol–water partition coefficient (Wildman–Crippen LogP) is 2.71. The minimum atomic E-state index is -0.329. The van der Waals surface area contributed by atoms with E-state index >= 15 is 0 Å². The molecule has 4 heteroatoms. The van der Waals surface area contributed by atoms with E-state index in [1.807, 2.05) is 0 Å². The Labute approximate surface area is 92.3 Å². The predicted molar refractivity (Wildman–Crippen MR) is 59.9 cm³/mol. The second kappa shape index (κ2) is 4.18. The first-order chi connectivity index (χ1) is 7.66. The van der Waals surface area contributed by atoms with Gasteiger partial charge in [0, 0.05) is 11.9 Å². The van der Waals surface area contributed by atoms with Gasteiger partial charge in [0.25, 0.3) is 5.91 Å². The van der Waals surface area contributed by atoms with Gasteiger partial charge in [0.1, 0.15) is 11.5 Å². The lowest BCUT2D eigenvalue weighted by atomic mass is 10.2. The third kappa shape index (κ3) is 2.11. The van der Waals surface area contributed by atoms with Crippen LogP contribution in [0.4, 0.5) is 10.1 Å². The Morgan fingerprint density at radius 1 is 1.38 bits per heavy atom. The number of H-pyrrole nitrogens is 1. The molecule has 0 saturated carbocycles. The topological polar surface area (TPSA) is 44.9 Å². The average molecular weight is 218 g/mol. The number of hydrogen-bond donors (Lipinski definition) is 2. The summed E-state index contributed by atoms with van der Waals surface area (Å²) in [6.07, 6.45) is 1.66. The summed E-state index contributed by atoms with van der Waals surface area (Å²) in [6.45, 7) is 1.67. The van der Waals surface area contributed by atoms with Gasteiger partial charge in [-0.15, -0.1) is 0 Å². The zero-order valence-electron chi connectivity index (χ0n) is 8.75. The lowest BCUT2D eigenvalue weighted by molar-refractivity contribution is 0.102. The zero-order valence-corrected chi connectivity index (χ0v) is 8.75. The smallest absolute Gasteiger partial charge is 0.272 e. The minimum absolute atomic E-state index is 0.284. The van der Waals surface area contributed by atoms with E-state index in [1.165, 1.54) is 6.07 Å². The van der Waals surface area contributed by atoms with Gasteiger partial charge in [-0.05, 0) is 36.8 Å². The fourth-order valence-electron chi connectivity index (χ4n) is 1.34. The van der Waals surface area contributed by atoms with Crippen LogP contribution in [0.1, 0.15) is 16.1 Å². The number of aromatic amines is 1. The van der Waals surface area contributed by atoms with Crippen LogP contribution in [-0.2, 0) is 0 Å². The second-order valence-electron chi connectivity index (χ2n) is 3.50. The molecule has 16 heavy (non-hydrogen) atoms. The molecule has 0 aliphatic carbocycles. The summed E-state index contributed by atoms with van der Waals surface area (Å²) in [4.78, 5) is 14.4. The molecule has 1 aromatic carbocycles. The van der Waals surface area contributed by atoms with E-state index < -0.39 is 0 Å². The van der Waals surface area contributed by atoms with Crippen molar-refractivity contribution in [1.82, 2.24) is 4.98 Å².